The number of hydrogen-bond acceptors (Lipinski definition) is 2. The molecular formula is C69H51NO. The van der Waals surface area contributed by atoms with E-state index in [4.69, 9.17) is 4.74 Å². The molecule has 0 N–H and O–H groups in total. The Morgan fingerprint density at radius 3 is 1.79 bits per heavy atom. The molecule has 5 aliphatic rings. The average Bonchev–Trinajstić information content (AvgIpc) is 3.74. The van der Waals surface area contributed by atoms with E-state index in [1.165, 1.54) is 94.6 Å². The number of allylic oxidation sites excluding steroid dienone is 4. The van der Waals surface area contributed by atoms with Crippen molar-refractivity contribution >= 4 is 23.1 Å². The summed E-state index contributed by atoms with van der Waals surface area (Å²) in [4.78, 5) is 2.41. The lowest BCUT2D eigenvalue weighted by Crippen LogP contribution is -2.50. The first-order valence-corrected chi connectivity index (χ1v) is 25.3. The van der Waals surface area contributed by atoms with Gasteiger partial charge in [-0.25, -0.2) is 0 Å². The molecule has 1 aliphatic heterocycles. The van der Waals surface area contributed by atoms with Gasteiger partial charge >= 0.3 is 0 Å². The van der Waals surface area contributed by atoms with Gasteiger partial charge in [0.15, 0.2) is 0 Å². The minimum absolute atomic E-state index is 0.0584. The molecule has 1 heterocycles. The summed E-state index contributed by atoms with van der Waals surface area (Å²) in [6.07, 6.45) is 18.4. The summed E-state index contributed by atoms with van der Waals surface area (Å²) >= 11 is 0. The third kappa shape index (κ3) is 6.62. The molecule has 9 aromatic carbocycles. The van der Waals surface area contributed by atoms with Crippen LogP contribution < -0.4 is 9.64 Å². The third-order valence-corrected chi connectivity index (χ3v) is 15.9. The van der Waals surface area contributed by atoms with Gasteiger partial charge < -0.3 is 9.64 Å². The zero-order valence-electron chi connectivity index (χ0n) is 39.5. The van der Waals surface area contributed by atoms with Crippen molar-refractivity contribution in [1.82, 2.24) is 0 Å². The van der Waals surface area contributed by atoms with E-state index in [1.807, 2.05) is 0 Å². The van der Waals surface area contributed by atoms with Crippen LogP contribution in [-0.4, -0.2) is 6.10 Å². The Kier molecular flexibility index (Phi) is 9.88. The highest BCUT2D eigenvalue weighted by molar-refractivity contribution is 5.96. The molecule has 2 nitrogen and oxygen atoms in total. The van der Waals surface area contributed by atoms with Crippen LogP contribution in [0, 0.1) is 5.92 Å². The molecule has 1 spiro atoms. The predicted octanol–water partition coefficient (Wildman–Crippen LogP) is 17.7. The van der Waals surface area contributed by atoms with Crippen LogP contribution in [0.1, 0.15) is 47.1 Å². The Bertz CT molecular complexity index is 3670. The van der Waals surface area contributed by atoms with Gasteiger partial charge in [0.2, 0.25) is 0 Å². The Hall–Kier alpha value is -8.46. The van der Waals surface area contributed by atoms with Crippen molar-refractivity contribution in [2.45, 2.75) is 37.2 Å². The fourth-order valence-electron chi connectivity index (χ4n) is 12.7. The van der Waals surface area contributed by atoms with Crippen molar-refractivity contribution in [2.24, 2.45) is 5.92 Å². The summed E-state index contributed by atoms with van der Waals surface area (Å²) in [5, 5.41) is 0. The number of hydrogen-bond donors (Lipinski definition) is 0. The van der Waals surface area contributed by atoms with Crippen molar-refractivity contribution in [3.05, 3.63) is 282 Å². The standard InChI is InChI=1S/C69H51NO/c1-3-17-46(18-4-1)47-33-39-53(40-34-47)70(54-41-35-51(36-42-54)57-26-12-11-25-56(57)48-19-5-2-6-20-48)55-24-15-23-52(45-55)58-30-16-32-63-66(58)61-29-13-14-31-62(61)69(63)64-43-37-49-21-7-9-27-59(49)67(64)71-68-60-28-10-8-22-50(60)38-44-65(68)69/h1-6,9-20,23-45,64,67H,7-8,21-22H2. The molecule has 9 aromatic rings. The van der Waals surface area contributed by atoms with Gasteiger partial charge in [0, 0.05) is 34.1 Å². The number of aryl methyl sites for hydroxylation is 1. The third-order valence-electron chi connectivity index (χ3n) is 15.9. The number of ether oxygens (including phenoxy) is 1. The van der Waals surface area contributed by atoms with Crippen LogP contribution >= 0.6 is 0 Å². The summed E-state index contributed by atoms with van der Waals surface area (Å²) < 4.78 is 7.44. The van der Waals surface area contributed by atoms with Crippen molar-refractivity contribution in [2.75, 3.05) is 4.90 Å². The smallest absolute Gasteiger partial charge is 0.132 e. The van der Waals surface area contributed by atoms with Crippen LogP contribution in [0.4, 0.5) is 17.1 Å². The molecule has 0 bridgehead atoms. The van der Waals surface area contributed by atoms with Crippen LogP contribution in [-0.2, 0) is 11.8 Å². The van der Waals surface area contributed by atoms with Crippen LogP contribution in [0.25, 0.3) is 61.7 Å². The van der Waals surface area contributed by atoms with E-state index in [9.17, 15) is 0 Å². The second kappa shape index (κ2) is 16.9. The Labute approximate surface area is 416 Å². The molecule has 2 heteroatoms. The summed E-state index contributed by atoms with van der Waals surface area (Å²) in [7, 11) is 0. The van der Waals surface area contributed by atoms with Gasteiger partial charge in [-0.1, -0.05) is 212 Å². The number of fused-ring (bicyclic) bond motifs is 12. The van der Waals surface area contributed by atoms with Crippen molar-refractivity contribution < 1.29 is 4.74 Å². The van der Waals surface area contributed by atoms with E-state index >= 15 is 0 Å². The van der Waals surface area contributed by atoms with Gasteiger partial charge in [0.25, 0.3) is 0 Å². The molecule has 3 atom stereocenters. The van der Waals surface area contributed by atoms with E-state index in [0.29, 0.717) is 0 Å². The molecule has 0 saturated carbocycles. The molecular weight excluding hydrogens is 859 g/mol. The first kappa shape index (κ1) is 41.5. The van der Waals surface area contributed by atoms with Crippen LogP contribution in [0.3, 0.4) is 0 Å². The molecule has 0 fully saturated rings. The number of benzene rings is 9. The molecule has 0 radical (unpaired) electrons. The van der Waals surface area contributed by atoms with Gasteiger partial charge in [-0.05, 0) is 146 Å². The maximum absolute atomic E-state index is 7.44. The summed E-state index contributed by atoms with van der Waals surface area (Å²) in [5.74, 6) is 1.11. The maximum atomic E-state index is 7.44. The lowest BCUT2D eigenvalue weighted by Gasteiger charge is -2.50. The van der Waals surface area contributed by atoms with Crippen LogP contribution in [0.2, 0.25) is 0 Å². The SMILES string of the molecule is C1=CC2=C(C=CC3C2Oc2c(ccc4c2C=CCC4)C32c3ccccc3-c3c(-c4cccc(N(c5ccc(-c6ccccc6)cc5)c5ccc(-c6ccccc6-c6ccccc6)cc5)c4)cccc32)CC1. The Morgan fingerprint density at radius 2 is 1.01 bits per heavy atom. The molecule has 338 valence electrons. The van der Waals surface area contributed by atoms with Gasteiger partial charge in [0.05, 0.1) is 5.41 Å². The molecule has 14 rings (SSSR count). The minimum atomic E-state index is -0.466. The maximum Gasteiger partial charge on any atom is 0.132 e. The van der Waals surface area contributed by atoms with E-state index in [-0.39, 0.29) is 12.0 Å². The highest BCUT2D eigenvalue weighted by atomic mass is 16.5. The van der Waals surface area contributed by atoms with E-state index < -0.39 is 5.41 Å². The molecule has 0 saturated heterocycles. The number of anilines is 3. The molecule has 0 amide bonds. The lowest BCUT2D eigenvalue weighted by molar-refractivity contribution is 0.132. The Balaban J connectivity index is 0.930. The van der Waals surface area contributed by atoms with Gasteiger partial charge in [-0.3, -0.25) is 0 Å². The van der Waals surface area contributed by atoms with E-state index in [0.717, 1.165) is 48.5 Å². The topological polar surface area (TPSA) is 12.5 Å². The largest absolute Gasteiger partial charge is 0.484 e. The second-order valence-electron chi connectivity index (χ2n) is 19.6. The summed E-state index contributed by atoms with van der Waals surface area (Å²) in [5.41, 5.74) is 24.5. The zero-order chi connectivity index (χ0) is 46.9. The highest BCUT2D eigenvalue weighted by Crippen LogP contribution is 2.65. The normalized spacial score (nSPS) is 18.7. The predicted molar refractivity (Wildman–Crippen MR) is 294 cm³/mol. The van der Waals surface area contributed by atoms with E-state index in [2.05, 4.69) is 254 Å². The van der Waals surface area contributed by atoms with E-state index in [1.54, 1.807) is 0 Å². The quantitative estimate of drug-likeness (QED) is 0.158. The summed E-state index contributed by atoms with van der Waals surface area (Å²) in [6, 6.07) is 78.6. The molecule has 71 heavy (non-hydrogen) atoms. The molecule has 3 unspecified atom stereocenters. The molecule has 4 aliphatic carbocycles. The second-order valence-corrected chi connectivity index (χ2v) is 19.6. The fourth-order valence-corrected chi connectivity index (χ4v) is 12.7. The first-order valence-electron chi connectivity index (χ1n) is 25.3. The average molecular weight is 910 g/mol. The molecule has 0 aromatic heterocycles. The van der Waals surface area contributed by atoms with Crippen molar-refractivity contribution in [3.8, 4) is 61.4 Å². The van der Waals surface area contributed by atoms with Gasteiger partial charge in [0.1, 0.15) is 11.9 Å². The lowest BCUT2D eigenvalue weighted by atomic mass is 9.58. The summed E-state index contributed by atoms with van der Waals surface area (Å²) in [6.45, 7) is 0. The fraction of sp³-hybridized carbons (Fsp3) is 0.101. The zero-order valence-corrected chi connectivity index (χ0v) is 39.5. The highest BCUT2D eigenvalue weighted by Gasteiger charge is 2.58. The van der Waals surface area contributed by atoms with Crippen molar-refractivity contribution in [3.63, 3.8) is 0 Å². The van der Waals surface area contributed by atoms with Crippen LogP contribution in [0.5, 0.6) is 5.75 Å². The number of rotatable bonds is 7. The number of nitrogens with zero attached hydrogens (tertiary/aromatic N) is 1. The van der Waals surface area contributed by atoms with Gasteiger partial charge in [-0.2, -0.15) is 0 Å². The first-order chi connectivity index (χ1) is 35.2. The Morgan fingerprint density at radius 1 is 0.423 bits per heavy atom. The minimum Gasteiger partial charge on any atom is -0.484 e. The van der Waals surface area contributed by atoms with Gasteiger partial charge in [-0.15, -0.1) is 0 Å². The monoisotopic (exact) mass is 909 g/mol. The van der Waals surface area contributed by atoms with Crippen LogP contribution in [0.15, 0.2) is 254 Å². The van der Waals surface area contributed by atoms with Crippen molar-refractivity contribution in [1.29, 1.82) is 0 Å².